The molecule has 0 unspecified atom stereocenters. The highest BCUT2D eigenvalue weighted by Gasteiger charge is 2.12. The number of aromatic nitrogens is 1. The van der Waals surface area contributed by atoms with Crippen LogP contribution in [0.1, 0.15) is 11.3 Å². The maximum Gasteiger partial charge on any atom is 0.185 e. The molecule has 0 radical (unpaired) electrons. The Bertz CT molecular complexity index is 622. The molecule has 0 aliphatic heterocycles. The maximum absolute atomic E-state index is 5.87. The summed E-state index contributed by atoms with van der Waals surface area (Å²) >= 11 is 9.31. The van der Waals surface area contributed by atoms with E-state index in [0.29, 0.717) is 23.1 Å². The summed E-state index contributed by atoms with van der Waals surface area (Å²) in [7, 11) is 3.16. The maximum atomic E-state index is 5.87. The van der Waals surface area contributed by atoms with Gasteiger partial charge in [-0.2, -0.15) is 0 Å². The monoisotopic (exact) mass is 371 g/mol. The minimum Gasteiger partial charge on any atom is -0.493 e. The van der Waals surface area contributed by atoms with Gasteiger partial charge in [-0.15, -0.1) is 11.6 Å². The molecule has 0 fully saturated rings. The summed E-state index contributed by atoms with van der Waals surface area (Å²) < 4.78 is 17.3. The van der Waals surface area contributed by atoms with Crippen LogP contribution in [-0.2, 0) is 12.5 Å². The van der Waals surface area contributed by atoms with Crippen molar-refractivity contribution in [2.75, 3.05) is 14.2 Å². The van der Waals surface area contributed by atoms with E-state index in [0.717, 1.165) is 15.8 Å². The van der Waals surface area contributed by atoms with Crippen molar-refractivity contribution in [3.63, 3.8) is 0 Å². The van der Waals surface area contributed by atoms with Crippen molar-refractivity contribution in [1.82, 2.24) is 4.98 Å². The molecule has 1 aromatic carbocycles. The van der Waals surface area contributed by atoms with Crippen LogP contribution in [0, 0.1) is 0 Å². The van der Waals surface area contributed by atoms with E-state index in [2.05, 4.69) is 20.9 Å². The first kappa shape index (κ1) is 15.9. The van der Waals surface area contributed by atoms with E-state index in [1.807, 2.05) is 18.2 Å². The number of halogens is 2. The molecule has 0 spiro atoms. The Morgan fingerprint density at radius 3 is 2.67 bits per heavy atom. The molecule has 2 aromatic rings. The first-order valence-electron chi connectivity index (χ1n) is 6.22. The number of methoxy groups -OCH3 is 2. The lowest BCUT2D eigenvalue weighted by Crippen LogP contribution is -2.03. The summed E-state index contributed by atoms with van der Waals surface area (Å²) in [4.78, 5) is 4.27. The molecule has 0 aliphatic rings. The SMILES string of the molecule is COc1ccnc(COc2ccc(Br)c(CCl)c2)c1OC. The second-order valence-corrected chi connectivity index (χ2v) is 5.29. The third kappa shape index (κ3) is 3.80. The summed E-state index contributed by atoms with van der Waals surface area (Å²) in [5.41, 5.74) is 1.65. The predicted octanol–water partition coefficient (Wildman–Crippen LogP) is 4.18. The number of benzene rings is 1. The van der Waals surface area contributed by atoms with E-state index in [4.69, 9.17) is 25.8 Å². The molecule has 0 saturated heterocycles. The van der Waals surface area contributed by atoms with Gasteiger partial charge in [-0.05, 0) is 23.8 Å². The second kappa shape index (κ2) is 7.52. The number of hydrogen-bond donors (Lipinski definition) is 0. The Balaban J connectivity index is 2.16. The molecule has 1 aromatic heterocycles. The van der Waals surface area contributed by atoms with Gasteiger partial charge in [0, 0.05) is 22.6 Å². The van der Waals surface area contributed by atoms with Crippen LogP contribution in [0.15, 0.2) is 34.9 Å². The molecule has 4 nitrogen and oxygen atoms in total. The fourth-order valence-corrected chi connectivity index (χ4v) is 2.62. The predicted molar refractivity (Wildman–Crippen MR) is 85.4 cm³/mol. The van der Waals surface area contributed by atoms with Crippen LogP contribution in [0.3, 0.4) is 0 Å². The molecule has 0 atom stereocenters. The van der Waals surface area contributed by atoms with Crippen molar-refractivity contribution in [3.8, 4) is 17.2 Å². The van der Waals surface area contributed by atoms with Gasteiger partial charge in [0.25, 0.3) is 0 Å². The highest BCUT2D eigenvalue weighted by molar-refractivity contribution is 9.10. The second-order valence-electron chi connectivity index (χ2n) is 4.17. The highest BCUT2D eigenvalue weighted by Crippen LogP contribution is 2.30. The Morgan fingerprint density at radius 2 is 2.00 bits per heavy atom. The largest absolute Gasteiger partial charge is 0.493 e. The van der Waals surface area contributed by atoms with E-state index in [-0.39, 0.29) is 6.61 Å². The Labute approximate surface area is 137 Å². The van der Waals surface area contributed by atoms with Crippen LogP contribution in [0.4, 0.5) is 0 Å². The van der Waals surface area contributed by atoms with Gasteiger partial charge < -0.3 is 14.2 Å². The molecule has 0 N–H and O–H groups in total. The van der Waals surface area contributed by atoms with Crippen LogP contribution in [0.5, 0.6) is 17.2 Å². The molecular formula is C15H15BrClNO3. The van der Waals surface area contributed by atoms with Crippen molar-refractivity contribution in [1.29, 1.82) is 0 Å². The number of hydrogen-bond acceptors (Lipinski definition) is 4. The Kier molecular flexibility index (Phi) is 5.70. The molecule has 6 heteroatoms. The smallest absolute Gasteiger partial charge is 0.185 e. The van der Waals surface area contributed by atoms with E-state index < -0.39 is 0 Å². The van der Waals surface area contributed by atoms with Gasteiger partial charge in [-0.1, -0.05) is 15.9 Å². The standard InChI is InChI=1S/C15H15BrClNO3/c1-19-14-5-6-18-13(15(14)20-2)9-21-11-3-4-12(16)10(7-11)8-17/h3-7H,8-9H2,1-2H3. The zero-order valence-electron chi connectivity index (χ0n) is 11.7. The molecule has 0 bridgehead atoms. The number of nitrogens with zero attached hydrogens (tertiary/aromatic N) is 1. The molecule has 0 saturated carbocycles. The third-order valence-electron chi connectivity index (χ3n) is 2.90. The molecule has 0 amide bonds. The zero-order valence-corrected chi connectivity index (χ0v) is 14.1. The fraction of sp³-hybridized carbons (Fsp3) is 0.267. The topological polar surface area (TPSA) is 40.6 Å². The molecule has 1 heterocycles. The number of pyridine rings is 1. The quantitative estimate of drug-likeness (QED) is 0.713. The summed E-state index contributed by atoms with van der Waals surface area (Å²) in [5.74, 6) is 2.34. The third-order valence-corrected chi connectivity index (χ3v) is 3.96. The van der Waals surface area contributed by atoms with E-state index in [1.54, 1.807) is 26.5 Å². The van der Waals surface area contributed by atoms with Crippen LogP contribution in [-0.4, -0.2) is 19.2 Å². The highest BCUT2D eigenvalue weighted by atomic mass is 79.9. The average molecular weight is 373 g/mol. The van der Waals surface area contributed by atoms with Crippen molar-refractivity contribution in [2.45, 2.75) is 12.5 Å². The molecular weight excluding hydrogens is 358 g/mol. The van der Waals surface area contributed by atoms with Crippen molar-refractivity contribution in [2.24, 2.45) is 0 Å². The first-order valence-corrected chi connectivity index (χ1v) is 7.55. The minimum absolute atomic E-state index is 0.281. The average Bonchev–Trinajstić information content (AvgIpc) is 2.53. The summed E-state index contributed by atoms with van der Waals surface area (Å²) in [5, 5.41) is 0. The normalized spacial score (nSPS) is 10.3. The van der Waals surface area contributed by atoms with Gasteiger partial charge in [0.1, 0.15) is 18.1 Å². The number of alkyl halides is 1. The summed E-state index contributed by atoms with van der Waals surface area (Å²) in [6, 6.07) is 7.41. The summed E-state index contributed by atoms with van der Waals surface area (Å²) in [6.07, 6.45) is 1.66. The molecule has 21 heavy (non-hydrogen) atoms. The van der Waals surface area contributed by atoms with Gasteiger partial charge in [-0.3, -0.25) is 4.98 Å². The van der Waals surface area contributed by atoms with E-state index in [1.165, 1.54) is 0 Å². The van der Waals surface area contributed by atoms with Crippen LogP contribution >= 0.6 is 27.5 Å². The van der Waals surface area contributed by atoms with Gasteiger partial charge in [-0.25, -0.2) is 0 Å². The molecule has 112 valence electrons. The summed E-state index contributed by atoms with van der Waals surface area (Å²) in [6.45, 7) is 0.281. The van der Waals surface area contributed by atoms with Gasteiger partial charge in [0.2, 0.25) is 0 Å². The van der Waals surface area contributed by atoms with Crippen molar-refractivity contribution < 1.29 is 14.2 Å². The lowest BCUT2D eigenvalue weighted by Gasteiger charge is -2.13. The molecule has 0 aliphatic carbocycles. The van der Waals surface area contributed by atoms with Crippen LogP contribution in [0.2, 0.25) is 0 Å². The first-order chi connectivity index (χ1) is 10.2. The Morgan fingerprint density at radius 1 is 1.19 bits per heavy atom. The Hall–Kier alpha value is -1.46. The lowest BCUT2D eigenvalue weighted by atomic mass is 10.2. The van der Waals surface area contributed by atoms with E-state index >= 15 is 0 Å². The lowest BCUT2D eigenvalue weighted by molar-refractivity contribution is 0.284. The van der Waals surface area contributed by atoms with Gasteiger partial charge >= 0.3 is 0 Å². The molecule has 2 rings (SSSR count). The van der Waals surface area contributed by atoms with Crippen molar-refractivity contribution >= 4 is 27.5 Å². The van der Waals surface area contributed by atoms with Crippen molar-refractivity contribution in [3.05, 3.63) is 46.2 Å². The van der Waals surface area contributed by atoms with Gasteiger partial charge in [0.05, 0.1) is 14.2 Å². The van der Waals surface area contributed by atoms with Crippen LogP contribution in [0.25, 0.3) is 0 Å². The number of ether oxygens (including phenoxy) is 3. The van der Waals surface area contributed by atoms with E-state index in [9.17, 15) is 0 Å². The zero-order chi connectivity index (χ0) is 15.2. The minimum atomic E-state index is 0.281. The fourth-order valence-electron chi connectivity index (χ4n) is 1.85. The van der Waals surface area contributed by atoms with Crippen LogP contribution < -0.4 is 14.2 Å². The van der Waals surface area contributed by atoms with Gasteiger partial charge in [0.15, 0.2) is 11.5 Å². The number of rotatable bonds is 6.